The number of rotatable bonds is 4. The second-order valence-corrected chi connectivity index (χ2v) is 4.77. The van der Waals surface area contributed by atoms with Crippen LogP contribution in [0, 0.1) is 6.92 Å². The molecule has 0 aliphatic rings. The summed E-state index contributed by atoms with van der Waals surface area (Å²) >= 11 is 0. The zero-order chi connectivity index (χ0) is 14.0. The maximum absolute atomic E-state index is 5.51. The lowest BCUT2D eigenvalue weighted by Gasteiger charge is -2.10. The van der Waals surface area contributed by atoms with Crippen LogP contribution >= 0.6 is 0 Å². The predicted molar refractivity (Wildman–Crippen MR) is 75.6 cm³/mol. The summed E-state index contributed by atoms with van der Waals surface area (Å²) in [6, 6.07) is 0.317. The predicted octanol–water partition coefficient (Wildman–Crippen LogP) is 2.08. The molecule has 102 valence electrons. The van der Waals surface area contributed by atoms with Gasteiger partial charge in [-0.2, -0.15) is 5.10 Å². The molecule has 19 heavy (non-hydrogen) atoms. The lowest BCUT2D eigenvalue weighted by atomic mass is 10.2. The summed E-state index contributed by atoms with van der Waals surface area (Å²) in [6.45, 7) is 8.19. The maximum atomic E-state index is 5.51. The van der Waals surface area contributed by atoms with Crippen LogP contribution in [0.25, 0.3) is 11.4 Å². The van der Waals surface area contributed by atoms with E-state index in [1.165, 1.54) is 0 Å². The maximum Gasteiger partial charge on any atom is 0.165 e. The molecule has 0 saturated carbocycles. The third kappa shape index (κ3) is 2.58. The van der Waals surface area contributed by atoms with Gasteiger partial charge in [0.2, 0.25) is 0 Å². The highest BCUT2D eigenvalue weighted by atomic mass is 15.3. The Hall–Kier alpha value is -1.95. The fraction of sp³-hybridized carbons (Fsp3) is 0.462. The van der Waals surface area contributed by atoms with E-state index >= 15 is 0 Å². The van der Waals surface area contributed by atoms with Crippen LogP contribution in [0.4, 0.5) is 5.82 Å². The Labute approximate surface area is 113 Å². The smallest absolute Gasteiger partial charge is 0.165 e. The first-order chi connectivity index (χ1) is 9.06. The summed E-state index contributed by atoms with van der Waals surface area (Å²) in [5.41, 5.74) is 5.52. The second kappa shape index (κ2) is 5.36. The number of aryl methyl sites for hydroxylation is 1. The third-order valence-electron chi connectivity index (χ3n) is 3.11. The van der Waals surface area contributed by atoms with E-state index in [1.54, 1.807) is 6.20 Å². The molecule has 6 nitrogen and oxygen atoms in total. The van der Waals surface area contributed by atoms with Gasteiger partial charge in [0.15, 0.2) is 5.82 Å². The van der Waals surface area contributed by atoms with Gasteiger partial charge in [-0.3, -0.25) is 4.68 Å². The molecule has 2 heterocycles. The molecule has 0 atom stereocenters. The average molecular weight is 260 g/mol. The summed E-state index contributed by atoms with van der Waals surface area (Å²) in [5.74, 6) is 6.83. The number of nitrogens with zero attached hydrogens (tertiary/aromatic N) is 4. The molecule has 3 N–H and O–H groups in total. The summed E-state index contributed by atoms with van der Waals surface area (Å²) in [4.78, 5) is 9.02. The molecule has 0 aromatic carbocycles. The van der Waals surface area contributed by atoms with Gasteiger partial charge in [0.25, 0.3) is 0 Å². The number of hydrogen-bond acceptors (Lipinski definition) is 5. The molecule has 0 radical (unpaired) electrons. The zero-order valence-corrected chi connectivity index (χ0v) is 11.8. The third-order valence-corrected chi connectivity index (χ3v) is 3.11. The van der Waals surface area contributed by atoms with Crippen molar-refractivity contribution in [2.45, 2.75) is 40.2 Å². The SMILES string of the molecule is CCc1nc(-c2cnn(C(C)C)c2)nc(NN)c1C. The summed E-state index contributed by atoms with van der Waals surface area (Å²) < 4.78 is 1.89. The Bertz CT molecular complexity index is 547. The van der Waals surface area contributed by atoms with E-state index in [2.05, 4.69) is 41.3 Å². The van der Waals surface area contributed by atoms with Gasteiger partial charge in [0.05, 0.1) is 11.8 Å². The first kappa shape index (κ1) is 13.5. The van der Waals surface area contributed by atoms with Crippen LogP contribution in [-0.4, -0.2) is 19.7 Å². The van der Waals surface area contributed by atoms with Crippen LogP contribution in [0.3, 0.4) is 0 Å². The van der Waals surface area contributed by atoms with Gasteiger partial charge in [-0.25, -0.2) is 15.8 Å². The van der Waals surface area contributed by atoms with Crippen LogP contribution in [0.1, 0.15) is 38.1 Å². The molecule has 0 amide bonds. The molecular weight excluding hydrogens is 240 g/mol. The average Bonchev–Trinajstić information content (AvgIpc) is 2.89. The lowest BCUT2D eigenvalue weighted by Crippen LogP contribution is -2.13. The molecule has 0 aliphatic heterocycles. The molecule has 6 heteroatoms. The topological polar surface area (TPSA) is 81.7 Å². The number of aromatic nitrogens is 4. The second-order valence-electron chi connectivity index (χ2n) is 4.77. The Morgan fingerprint density at radius 3 is 2.63 bits per heavy atom. The lowest BCUT2D eigenvalue weighted by molar-refractivity contribution is 0.532. The minimum Gasteiger partial charge on any atom is -0.308 e. The Kier molecular flexibility index (Phi) is 3.80. The van der Waals surface area contributed by atoms with Crippen LogP contribution in [0.15, 0.2) is 12.4 Å². The molecular formula is C13H20N6. The van der Waals surface area contributed by atoms with Gasteiger partial charge in [0, 0.05) is 23.5 Å². The summed E-state index contributed by atoms with van der Waals surface area (Å²) in [7, 11) is 0. The van der Waals surface area contributed by atoms with Crippen molar-refractivity contribution in [3.8, 4) is 11.4 Å². The Morgan fingerprint density at radius 1 is 1.37 bits per heavy atom. The van der Waals surface area contributed by atoms with E-state index < -0.39 is 0 Å². The van der Waals surface area contributed by atoms with E-state index in [1.807, 2.05) is 17.8 Å². The van der Waals surface area contributed by atoms with Crippen LogP contribution in [0.5, 0.6) is 0 Å². The van der Waals surface area contributed by atoms with E-state index in [0.29, 0.717) is 17.7 Å². The monoisotopic (exact) mass is 260 g/mol. The van der Waals surface area contributed by atoms with Gasteiger partial charge in [-0.05, 0) is 27.2 Å². The zero-order valence-electron chi connectivity index (χ0n) is 11.8. The molecule has 0 fully saturated rings. The van der Waals surface area contributed by atoms with Crippen LogP contribution in [-0.2, 0) is 6.42 Å². The first-order valence-corrected chi connectivity index (χ1v) is 6.45. The van der Waals surface area contributed by atoms with Crippen molar-refractivity contribution < 1.29 is 0 Å². The number of nitrogens with two attached hydrogens (primary N) is 1. The standard InChI is InChI=1S/C13H20N6/c1-5-11-9(4)12(18-14)17-13(16-11)10-6-15-19(7-10)8(2)3/h6-8H,5,14H2,1-4H3,(H,16,17,18). The molecule has 2 aromatic heterocycles. The Morgan fingerprint density at radius 2 is 2.11 bits per heavy atom. The van der Waals surface area contributed by atoms with E-state index in [9.17, 15) is 0 Å². The van der Waals surface area contributed by atoms with Crippen molar-refractivity contribution in [3.63, 3.8) is 0 Å². The van der Waals surface area contributed by atoms with Crippen molar-refractivity contribution in [2.75, 3.05) is 5.43 Å². The number of anilines is 1. The highest BCUT2D eigenvalue weighted by Crippen LogP contribution is 2.22. The van der Waals surface area contributed by atoms with Gasteiger partial charge >= 0.3 is 0 Å². The normalized spacial score (nSPS) is 11.1. The van der Waals surface area contributed by atoms with Gasteiger partial charge in [0.1, 0.15) is 5.82 Å². The van der Waals surface area contributed by atoms with Crippen LogP contribution in [0.2, 0.25) is 0 Å². The number of nitrogens with one attached hydrogen (secondary N) is 1. The van der Waals surface area contributed by atoms with Crippen LogP contribution < -0.4 is 11.3 Å². The molecule has 0 saturated heterocycles. The minimum absolute atomic E-state index is 0.317. The number of nitrogen functional groups attached to an aromatic ring is 1. The highest BCUT2D eigenvalue weighted by Gasteiger charge is 2.12. The fourth-order valence-corrected chi connectivity index (χ4v) is 1.91. The molecule has 0 bridgehead atoms. The van der Waals surface area contributed by atoms with E-state index in [0.717, 1.165) is 23.2 Å². The first-order valence-electron chi connectivity index (χ1n) is 6.45. The van der Waals surface area contributed by atoms with Crippen molar-refractivity contribution in [2.24, 2.45) is 5.84 Å². The van der Waals surface area contributed by atoms with Crippen molar-refractivity contribution in [1.82, 2.24) is 19.7 Å². The summed E-state index contributed by atoms with van der Waals surface area (Å²) in [6.07, 6.45) is 4.58. The molecule has 0 aliphatic carbocycles. The number of hydrogen-bond donors (Lipinski definition) is 2. The van der Waals surface area contributed by atoms with Crippen molar-refractivity contribution >= 4 is 5.82 Å². The van der Waals surface area contributed by atoms with Gasteiger partial charge < -0.3 is 5.43 Å². The van der Waals surface area contributed by atoms with Crippen molar-refractivity contribution in [3.05, 3.63) is 23.7 Å². The van der Waals surface area contributed by atoms with Crippen molar-refractivity contribution in [1.29, 1.82) is 0 Å². The van der Waals surface area contributed by atoms with E-state index in [4.69, 9.17) is 5.84 Å². The van der Waals surface area contributed by atoms with Gasteiger partial charge in [-0.15, -0.1) is 0 Å². The fourth-order valence-electron chi connectivity index (χ4n) is 1.91. The Balaban J connectivity index is 2.49. The molecule has 2 aromatic rings. The molecule has 0 unspecified atom stereocenters. The quantitative estimate of drug-likeness (QED) is 0.649. The largest absolute Gasteiger partial charge is 0.308 e. The summed E-state index contributed by atoms with van der Waals surface area (Å²) in [5, 5.41) is 4.31. The minimum atomic E-state index is 0.317. The highest BCUT2D eigenvalue weighted by molar-refractivity contribution is 5.58. The van der Waals surface area contributed by atoms with Gasteiger partial charge in [-0.1, -0.05) is 6.92 Å². The molecule has 2 rings (SSSR count). The number of hydrazine groups is 1. The molecule has 0 spiro atoms. The van der Waals surface area contributed by atoms with E-state index in [-0.39, 0.29) is 0 Å².